The highest BCUT2D eigenvalue weighted by Gasteiger charge is 2.08. The summed E-state index contributed by atoms with van der Waals surface area (Å²) in [6.45, 7) is 6.92. The van der Waals surface area contributed by atoms with Crippen LogP contribution in [0.1, 0.15) is 63.1 Å². The van der Waals surface area contributed by atoms with Crippen molar-refractivity contribution < 1.29 is 4.79 Å². The van der Waals surface area contributed by atoms with Gasteiger partial charge in [0, 0.05) is 19.0 Å². The van der Waals surface area contributed by atoms with Gasteiger partial charge in [-0.3, -0.25) is 4.79 Å². The van der Waals surface area contributed by atoms with Crippen LogP contribution >= 0.6 is 0 Å². The Kier molecular flexibility index (Phi) is 6.57. The quantitative estimate of drug-likeness (QED) is 0.793. The Morgan fingerprint density at radius 2 is 1.79 bits per heavy atom. The van der Waals surface area contributed by atoms with Crippen LogP contribution in [0.15, 0.2) is 24.3 Å². The number of rotatable bonds is 7. The van der Waals surface area contributed by atoms with Gasteiger partial charge in [0.2, 0.25) is 5.91 Å². The van der Waals surface area contributed by atoms with Crippen LogP contribution in [-0.4, -0.2) is 12.5 Å². The summed E-state index contributed by atoms with van der Waals surface area (Å²) < 4.78 is 0. The van der Waals surface area contributed by atoms with E-state index in [4.69, 9.17) is 5.73 Å². The molecule has 1 atom stereocenters. The summed E-state index contributed by atoms with van der Waals surface area (Å²) in [5, 5.41) is 2.89. The molecule has 1 amide bonds. The van der Waals surface area contributed by atoms with Crippen LogP contribution in [-0.2, 0) is 4.79 Å². The summed E-state index contributed by atoms with van der Waals surface area (Å²) in [4.78, 5) is 11.5. The minimum Gasteiger partial charge on any atom is -0.354 e. The van der Waals surface area contributed by atoms with Crippen molar-refractivity contribution in [2.45, 2.75) is 52.0 Å². The molecule has 0 aliphatic carbocycles. The van der Waals surface area contributed by atoms with E-state index in [-0.39, 0.29) is 11.9 Å². The maximum absolute atomic E-state index is 11.5. The molecule has 1 aromatic rings. The standard InChI is InChI=1S/C16H26N2O/c1-4-5-6-16(19)18-11-15(17)14-9-7-13(8-10-14)12(2)3/h7-10,12,15H,4-6,11,17H2,1-3H3,(H,18,19). The number of hydrogen-bond donors (Lipinski definition) is 2. The monoisotopic (exact) mass is 262 g/mol. The molecule has 3 N–H and O–H groups in total. The molecular formula is C16H26N2O. The van der Waals surface area contributed by atoms with Crippen molar-refractivity contribution in [3.05, 3.63) is 35.4 Å². The van der Waals surface area contributed by atoms with Crippen molar-refractivity contribution >= 4 is 5.91 Å². The lowest BCUT2D eigenvalue weighted by Crippen LogP contribution is -2.31. The minimum atomic E-state index is -0.133. The summed E-state index contributed by atoms with van der Waals surface area (Å²) in [6, 6.07) is 8.19. The fraction of sp³-hybridized carbons (Fsp3) is 0.562. The molecule has 106 valence electrons. The highest BCUT2D eigenvalue weighted by Crippen LogP contribution is 2.17. The first kappa shape index (κ1) is 15.7. The van der Waals surface area contributed by atoms with E-state index in [2.05, 4.69) is 50.4 Å². The number of nitrogens with two attached hydrogens (primary N) is 1. The van der Waals surface area contributed by atoms with E-state index in [1.165, 1.54) is 5.56 Å². The number of nitrogens with one attached hydrogen (secondary N) is 1. The molecule has 3 heteroatoms. The van der Waals surface area contributed by atoms with Crippen LogP contribution in [0.4, 0.5) is 0 Å². The summed E-state index contributed by atoms with van der Waals surface area (Å²) in [6.07, 6.45) is 2.57. The predicted molar refractivity (Wildman–Crippen MR) is 80.0 cm³/mol. The average Bonchev–Trinajstić information content (AvgIpc) is 2.42. The maximum Gasteiger partial charge on any atom is 0.220 e. The zero-order chi connectivity index (χ0) is 14.3. The molecule has 0 aromatic heterocycles. The highest BCUT2D eigenvalue weighted by molar-refractivity contribution is 5.75. The molecule has 0 bridgehead atoms. The van der Waals surface area contributed by atoms with Crippen molar-refractivity contribution in [3.8, 4) is 0 Å². The van der Waals surface area contributed by atoms with Crippen LogP contribution in [0.5, 0.6) is 0 Å². The first-order valence-electron chi connectivity index (χ1n) is 7.16. The molecule has 3 nitrogen and oxygen atoms in total. The molecule has 1 aromatic carbocycles. The SMILES string of the molecule is CCCCC(=O)NCC(N)c1ccc(C(C)C)cc1. The molecular weight excluding hydrogens is 236 g/mol. The van der Waals surface area contributed by atoms with E-state index in [0.717, 1.165) is 18.4 Å². The van der Waals surface area contributed by atoms with Gasteiger partial charge in [0.05, 0.1) is 0 Å². The lowest BCUT2D eigenvalue weighted by Gasteiger charge is -2.14. The van der Waals surface area contributed by atoms with Gasteiger partial charge in [-0.15, -0.1) is 0 Å². The Labute approximate surface area is 116 Å². The van der Waals surface area contributed by atoms with E-state index in [1.807, 2.05) is 0 Å². The van der Waals surface area contributed by atoms with Crippen LogP contribution in [0.2, 0.25) is 0 Å². The van der Waals surface area contributed by atoms with Crippen molar-refractivity contribution in [1.82, 2.24) is 5.32 Å². The largest absolute Gasteiger partial charge is 0.354 e. The molecule has 0 spiro atoms. The van der Waals surface area contributed by atoms with Crippen LogP contribution in [0, 0.1) is 0 Å². The zero-order valence-electron chi connectivity index (χ0n) is 12.3. The number of carbonyl (C=O) groups excluding carboxylic acids is 1. The van der Waals surface area contributed by atoms with Crippen LogP contribution in [0.25, 0.3) is 0 Å². The number of carbonyl (C=O) groups is 1. The van der Waals surface area contributed by atoms with Crippen LogP contribution in [0.3, 0.4) is 0 Å². The Bertz CT molecular complexity index is 384. The second-order valence-corrected chi connectivity index (χ2v) is 5.34. The predicted octanol–water partition coefficient (Wildman–Crippen LogP) is 3.12. The molecule has 0 aliphatic heterocycles. The normalized spacial score (nSPS) is 12.5. The molecule has 0 saturated carbocycles. The minimum absolute atomic E-state index is 0.0936. The average molecular weight is 262 g/mol. The molecule has 19 heavy (non-hydrogen) atoms. The number of amides is 1. The van der Waals surface area contributed by atoms with Gasteiger partial charge in [-0.05, 0) is 23.5 Å². The molecule has 0 radical (unpaired) electrons. The van der Waals surface area contributed by atoms with Gasteiger partial charge in [-0.25, -0.2) is 0 Å². The third kappa shape index (κ3) is 5.43. The van der Waals surface area contributed by atoms with Gasteiger partial charge in [0.25, 0.3) is 0 Å². The molecule has 0 fully saturated rings. The van der Waals surface area contributed by atoms with Crippen molar-refractivity contribution in [3.63, 3.8) is 0 Å². The third-order valence-electron chi connectivity index (χ3n) is 3.31. The fourth-order valence-electron chi connectivity index (χ4n) is 1.90. The Morgan fingerprint density at radius 1 is 1.21 bits per heavy atom. The fourth-order valence-corrected chi connectivity index (χ4v) is 1.90. The van der Waals surface area contributed by atoms with Crippen LogP contribution < -0.4 is 11.1 Å². The Morgan fingerprint density at radius 3 is 2.32 bits per heavy atom. The number of benzene rings is 1. The Balaban J connectivity index is 2.44. The molecule has 0 saturated heterocycles. The summed E-state index contributed by atoms with van der Waals surface area (Å²) in [7, 11) is 0. The first-order valence-corrected chi connectivity index (χ1v) is 7.16. The van der Waals surface area contributed by atoms with Crippen molar-refractivity contribution in [2.24, 2.45) is 5.73 Å². The summed E-state index contributed by atoms with van der Waals surface area (Å²) in [5.74, 6) is 0.620. The smallest absolute Gasteiger partial charge is 0.220 e. The van der Waals surface area contributed by atoms with Gasteiger partial charge < -0.3 is 11.1 Å². The lowest BCUT2D eigenvalue weighted by molar-refractivity contribution is -0.121. The Hall–Kier alpha value is -1.35. The van der Waals surface area contributed by atoms with E-state index in [1.54, 1.807) is 0 Å². The topological polar surface area (TPSA) is 55.1 Å². The van der Waals surface area contributed by atoms with Gasteiger partial charge in [0.15, 0.2) is 0 Å². The van der Waals surface area contributed by atoms with Gasteiger partial charge in [0.1, 0.15) is 0 Å². The van der Waals surface area contributed by atoms with Crippen molar-refractivity contribution in [1.29, 1.82) is 0 Å². The zero-order valence-corrected chi connectivity index (χ0v) is 12.3. The van der Waals surface area contributed by atoms with Gasteiger partial charge in [-0.2, -0.15) is 0 Å². The van der Waals surface area contributed by atoms with E-state index in [0.29, 0.717) is 18.9 Å². The van der Waals surface area contributed by atoms with Gasteiger partial charge in [-0.1, -0.05) is 51.5 Å². The van der Waals surface area contributed by atoms with E-state index < -0.39 is 0 Å². The van der Waals surface area contributed by atoms with Crippen molar-refractivity contribution in [2.75, 3.05) is 6.54 Å². The van der Waals surface area contributed by atoms with E-state index in [9.17, 15) is 4.79 Å². The van der Waals surface area contributed by atoms with E-state index >= 15 is 0 Å². The maximum atomic E-state index is 11.5. The second kappa shape index (κ2) is 7.95. The lowest BCUT2D eigenvalue weighted by atomic mass is 9.99. The number of hydrogen-bond acceptors (Lipinski definition) is 2. The molecule has 0 aliphatic rings. The first-order chi connectivity index (χ1) is 9.04. The highest BCUT2D eigenvalue weighted by atomic mass is 16.1. The molecule has 1 rings (SSSR count). The third-order valence-corrected chi connectivity index (χ3v) is 3.31. The second-order valence-electron chi connectivity index (χ2n) is 5.34. The summed E-state index contributed by atoms with van der Waals surface area (Å²) >= 11 is 0. The molecule has 0 heterocycles. The number of unbranched alkanes of at least 4 members (excludes halogenated alkanes) is 1. The molecule has 1 unspecified atom stereocenters. The summed E-state index contributed by atoms with van der Waals surface area (Å²) in [5.41, 5.74) is 8.46. The van der Waals surface area contributed by atoms with Gasteiger partial charge >= 0.3 is 0 Å².